The van der Waals surface area contributed by atoms with Crippen LogP contribution >= 0.6 is 0 Å². The van der Waals surface area contributed by atoms with Crippen LogP contribution in [0.3, 0.4) is 0 Å². The van der Waals surface area contributed by atoms with E-state index in [-0.39, 0.29) is 0 Å². The standard InChI is InChI=1S/C17H33N7O/c1-3-4-5-6-8-19-16-21-15(18-2)22-17(23-16)20-9-7-10-24-11-13-25-14-12-24/h3-14H2,1-2H3,(H3,18,19,20,21,22,23). The first-order valence-corrected chi connectivity index (χ1v) is 9.53. The van der Waals surface area contributed by atoms with Gasteiger partial charge >= 0.3 is 0 Å². The number of morpholine rings is 1. The van der Waals surface area contributed by atoms with Gasteiger partial charge in [-0.1, -0.05) is 26.2 Å². The molecule has 0 unspecified atom stereocenters. The molecule has 0 atom stereocenters. The van der Waals surface area contributed by atoms with Gasteiger partial charge in [-0.25, -0.2) is 0 Å². The van der Waals surface area contributed by atoms with Gasteiger partial charge < -0.3 is 20.7 Å². The summed E-state index contributed by atoms with van der Waals surface area (Å²) in [6.07, 6.45) is 5.95. The van der Waals surface area contributed by atoms with Crippen LogP contribution in [-0.2, 0) is 4.74 Å². The second kappa shape index (κ2) is 11.8. The fraction of sp³-hybridized carbons (Fsp3) is 0.824. The molecule has 1 saturated heterocycles. The van der Waals surface area contributed by atoms with Crippen molar-refractivity contribution in [3.8, 4) is 0 Å². The first-order valence-electron chi connectivity index (χ1n) is 9.53. The van der Waals surface area contributed by atoms with Gasteiger partial charge in [0.1, 0.15) is 0 Å². The lowest BCUT2D eigenvalue weighted by molar-refractivity contribution is 0.0378. The Bertz CT molecular complexity index is 480. The molecule has 0 saturated carbocycles. The van der Waals surface area contributed by atoms with E-state index in [9.17, 15) is 0 Å². The van der Waals surface area contributed by atoms with E-state index in [1.165, 1.54) is 19.3 Å². The largest absolute Gasteiger partial charge is 0.379 e. The van der Waals surface area contributed by atoms with Gasteiger partial charge in [-0.05, 0) is 19.4 Å². The topological polar surface area (TPSA) is 87.2 Å². The summed E-state index contributed by atoms with van der Waals surface area (Å²) >= 11 is 0. The van der Waals surface area contributed by atoms with E-state index in [2.05, 4.69) is 42.7 Å². The molecule has 0 amide bonds. The minimum absolute atomic E-state index is 0.585. The first kappa shape index (κ1) is 19.7. The highest BCUT2D eigenvalue weighted by molar-refractivity contribution is 5.41. The molecule has 2 heterocycles. The van der Waals surface area contributed by atoms with Crippen molar-refractivity contribution in [1.82, 2.24) is 19.9 Å². The van der Waals surface area contributed by atoms with E-state index in [0.29, 0.717) is 17.8 Å². The van der Waals surface area contributed by atoms with Crippen LogP contribution in [0.4, 0.5) is 17.8 Å². The molecular formula is C17H33N7O. The zero-order valence-corrected chi connectivity index (χ0v) is 15.7. The van der Waals surface area contributed by atoms with Crippen LogP contribution in [0.1, 0.15) is 39.0 Å². The summed E-state index contributed by atoms with van der Waals surface area (Å²) < 4.78 is 5.37. The molecule has 3 N–H and O–H groups in total. The molecule has 1 aliphatic rings. The van der Waals surface area contributed by atoms with E-state index in [1.54, 1.807) is 0 Å². The van der Waals surface area contributed by atoms with E-state index < -0.39 is 0 Å². The summed E-state index contributed by atoms with van der Waals surface area (Å²) in [4.78, 5) is 15.6. The van der Waals surface area contributed by atoms with Crippen LogP contribution in [0.2, 0.25) is 0 Å². The van der Waals surface area contributed by atoms with Crippen LogP contribution in [0.25, 0.3) is 0 Å². The molecule has 8 nitrogen and oxygen atoms in total. The molecule has 0 aromatic carbocycles. The highest BCUT2D eigenvalue weighted by Crippen LogP contribution is 2.09. The summed E-state index contributed by atoms with van der Waals surface area (Å²) in [6, 6.07) is 0. The minimum Gasteiger partial charge on any atom is -0.379 e. The molecule has 25 heavy (non-hydrogen) atoms. The fourth-order valence-electron chi connectivity index (χ4n) is 2.73. The molecule has 8 heteroatoms. The van der Waals surface area contributed by atoms with Crippen molar-refractivity contribution in [3.05, 3.63) is 0 Å². The van der Waals surface area contributed by atoms with E-state index in [0.717, 1.165) is 58.8 Å². The molecule has 1 aliphatic heterocycles. The Hall–Kier alpha value is -1.67. The van der Waals surface area contributed by atoms with Crippen molar-refractivity contribution < 1.29 is 4.74 Å². The number of nitrogens with zero attached hydrogens (tertiary/aromatic N) is 4. The highest BCUT2D eigenvalue weighted by atomic mass is 16.5. The molecule has 0 aliphatic carbocycles. The number of hydrogen-bond acceptors (Lipinski definition) is 8. The zero-order valence-electron chi connectivity index (χ0n) is 15.7. The number of ether oxygens (including phenoxy) is 1. The second-order valence-corrected chi connectivity index (χ2v) is 6.28. The fourth-order valence-corrected chi connectivity index (χ4v) is 2.73. The highest BCUT2D eigenvalue weighted by Gasteiger charge is 2.10. The third-order valence-corrected chi connectivity index (χ3v) is 4.21. The number of aromatic nitrogens is 3. The summed E-state index contributed by atoms with van der Waals surface area (Å²) in [7, 11) is 1.82. The smallest absolute Gasteiger partial charge is 0.229 e. The number of rotatable bonds is 12. The molecule has 1 aromatic heterocycles. The van der Waals surface area contributed by atoms with Gasteiger partial charge in [-0.15, -0.1) is 0 Å². The van der Waals surface area contributed by atoms with Crippen molar-refractivity contribution >= 4 is 17.8 Å². The quantitative estimate of drug-likeness (QED) is 0.493. The molecular weight excluding hydrogens is 318 g/mol. The van der Waals surface area contributed by atoms with Gasteiger partial charge in [-0.2, -0.15) is 15.0 Å². The van der Waals surface area contributed by atoms with Crippen molar-refractivity contribution in [1.29, 1.82) is 0 Å². The lowest BCUT2D eigenvalue weighted by Gasteiger charge is -2.26. The third kappa shape index (κ3) is 7.83. The van der Waals surface area contributed by atoms with Gasteiger partial charge in [0, 0.05) is 33.2 Å². The number of nitrogens with one attached hydrogen (secondary N) is 3. The first-order chi connectivity index (χ1) is 12.3. The number of unbranched alkanes of at least 4 members (excludes halogenated alkanes) is 3. The molecule has 1 aromatic rings. The van der Waals surface area contributed by atoms with Crippen molar-refractivity contribution in [3.63, 3.8) is 0 Å². The monoisotopic (exact) mass is 351 g/mol. The van der Waals surface area contributed by atoms with Crippen LogP contribution in [0, 0.1) is 0 Å². The van der Waals surface area contributed by atoms with Crippen LogP contribution in [-0.4, -0.2) is 72.8 Å². The Morgan fingerprint density at radius 2 is 1.52 bits per heavy atom. The second-order valence-electron chi connectivity index (χ2n) is 6.28. The number of anilines is 3. The average molecular weight is 351 g/mol. The zero-order chi connectivity index (χ0) is 17.7. The Morgan fingerprint density at radius 1 is 0.880 bits per heavy atom. The van der Waals surface area contributed by atoms with Gasteiger partial charge in [0.05, 0.1) is 13.2 Å². The normalized spacial score (nSPS) is 15.1. The van der Waals surface area contributed by atoms with Crippen molar-refractivity contribution in [2.24, 2.45) is 0 Å². The van der Waals surface area contributed by atoms with Crippen LogP contribution < -0.4 is 16.0 Å². The van der Waals surface area contributed by atoms with Gasteiger partial charge in [0.2, 0.25) is 17.8 Å². The summed E-state index contributed by atoms with van der Waals surface area (Å²) in [5.74, 6) is 1.84. The average Bonchev–Trinajstić information content (AvgIpc) is 2.66. The molecule has 0 spiro atoms. The summed E-state index contributed by atoms with van der Waals surface area (Å²) in [5.41, 5.74) is 0. The summed E-state index contributed by atoms with van der Waals surface area (Å²) in [6.45, 7) is 8.78. The SMILES string of the molecule is CCCCCCNc1nc(NC)nc(NCCCN2CCOCC2)n1. The van der Waals surface area contributed by atoms with Crippen LogP contribution in [0.15, 0.2) is 0 Å². The maximum absolute atomic E-state index is 5.37. The molecule has 142 valence electrons. The van der Waals surface area contributed by atoms with E-state index in [1.807, 2.05) is 7.05 Å². The Balaban J connectivity index is 1.73. The third-order valence-electron chi connectivity index (χ3n) is 4.21. The minimum atomic E-state index is 0.585. The lowest BCUT2D eigenvalue weighted by atomic mass is 10.2. The summed E-state index contributed by atoms with van der Waals surface area (Å²) in [5, 5.41) is 9.60. The molecule has 0 bridgehead atoms. The van der Waals surface area contributed by atoms with Crippen molar-refractivity contribution in [2.45, 2.75) is 39.0 Å². The van der Waals surface area contributed by atoms with Gasteiger partial charge in [0.15, 0.2) is 0 Å². The lowest BCUT2D eigenvalue weighted by Crippen LogP contribution is -2.37. The van der Waals surface area contributed by atoms with Crippen LogP contribution in [0.5, 0.6) is 0 Å². The predicted octanol–water partition coefficient (Wildman–Crippen LogP) is 2.04. The van der Waals surface area contributed by atoms with E-state index >= 15 is 0 Å². The van der Waals surface area contributed by atoms with Gasteiger partial charge in [-0.3, -0.25) is 4.90 Å². The molecule has 0 radical (unpaired) electrons. The maximum Gasteiger partial charge on any atom is 0.229 e. The Kier molecular flexibility index (Phi) is 9.28. The predicted molar refractivity (Wildman–Crippen MR) is 102 cm³/mol. The Morgan fingerprint density at radius 3 is 2.16 bits per heavy atom. The Labute approximate surface area is 151 Å². The van der Waals surface area contributed by atoms with Crippen molar-refractivity contribution in [2.75, 3.05) is 68.9 Å². The van der Waals surface area contributed by atoms with E-state index in [4.69, 9.17) is 4.74 Å². The molecule has 2 rings (SSSR count). The number of hydrogen-bond donors (Lipinski definition) is 3. The van der Waals surface area contributed by atoms with Gasteiger partial charge in [0.25, 0.3) is 0 Å². The molecule has 1 fully saturated rings. The maximum atomic E-state index is 5.37.